The number of methoxy groups -OCH3 is 1. The van der Waals surface area contributed by atoms with Crippen LogP contribution >= 0.6 is 0 Å². The Labute approximate surface area is 158 Å². The molecule has 0 unspecified atom stereocenters. The van der Waals surface area contributed by atoms with E-state index in [0.29, 0.717) is 0 Å². The number of benzene rings is 2. The number of aliphatic hydroxyl groups excluding tert-OH is 1. The minimum absolute atomic E-state index is 0.284. The third kappa shape index (κ3) is 3.79. The van der Waals surface area contributed by atoms with E-state index in [0.717, 1.165) is 54.2 Å². The molecular formula is C22H25N2O3+. The maximum absolute atomic E-state index is 9.86. The molecule has 0 saturated carbocycles. The van der Waals surface area contributed by atoms with Gasteiger partial charge in [0.05, 0.1) is 6.61 Å². The Hall–Kier alpha value is -2.89. The second kappa shape index (κ2) is 8.66. The van der Waals surface area contributed by atoms with Gasteiger partial charge in [-0.15, -0.1) is 0 Å². The third-order valence-electron chi connectivity index (χ3n) is 4.56. The van der Waals surface area contributed by atoms with Gasteiger partial charge < -0.3 is 19.9 Å². The number of aromatic nitrogens is 2. The summed E-state index contributed by atoms with van der Waals surface area (Å²) in [7, 11) is 2.73. The molecule has 0 aliphatic rings. The molecule has 0 spiro atoms. The van der Waals surface area contributed by atoms with E-state index in [4.69, 9.17) is 9.84 Å². The highest BCUT2D eigenvalue weighted by Crippen LogP contribution is 2.32. The number of H-pyrrole nitrogens is 1. The highest BCUT2D eigenvalue weighted by atomic mass is 16.5. The summed E-state index contributed by atoms with van der Waals surface area (Å²) in [6.45, 7) is 1.62. The van der Waals surface area contributed by atoms with Crippen molar-refractivity contribution in [1.29, 1.82) is 0 Å². The number of aryl methyl sites for hydroxylation is 1. The molecule has 2 aromatic heterocycles. The van der Waals surface area contributed by atoms with E-state index in [1.807, 2.05) is 18.2 Å². The van der Waals surface area contributed by atoms with E-state index in [1.165, 1.54) is 5.56 Å². The zero-order valence-electron chi connectivity index (χ0n) is 15.6. The lowest BCUT2D eigenvalue weighted by Gasteiger charge is -2.06. The van der Waals surface area contributed by atoms with Crippen molar-refractivity contribution in [2.24, 2.45) is 0 Å². The fourth-order valence-corrected chi connectivity index (χ4v) is 3.42. The lowest BCUT2D eigenvalue weighted by molar-refractivity contribution is -0.685. The van der Waals surface area contributed by atoms with Crippen LogP contribution in [-0.4, -0.2) is 36.0 Å². The van der Waals surface area contributed by atoms with Gasteiger partial charge in [-0.1, -0.05) is 18.2 Å². The van der Waals surface area contributed by atoms with Crippen molar-refractivity contribution in [1.82, 2.24) is 4.98 Å². The number of aromatic amines is 1. The summed E-state index contributed by atoms with van der Waals surface area (Å²) in [5, 5.41) is 19.0. The maximum Gasteiger partial charge on any atom is 0.236 e. The van der Waals surface area contributed by atoms with Crippen LogP contribution in [0.3, 0.4) is 0 Å². The van der Waals surface area contributed by atoms with Gasteiger partial charge in [-0.25, -0.2) is 0 Å². The first kappa shape index (κ1) is 18.9. The molecule has 0 fully saturated rings. The molecule has 0 bridgehead atoms. The summed E-state index contributed by atoms with van der Waals surface area (Å²) >= 11 is 0. The Morgan fingerprint density at radius 2 is 1.78 bits per heavy atom. The molecule has 0 saturated heterocycles. The van der Waals surface area contributed by atoms with Gasteiger partial charge in [-0.05, 0) is 30.3 Å². The Morgan fingerprint density at radius 3 is 2.52 bits per heavy atom. The SMILES string of the molecule is CO.COCCC[n+]1ccc2c([nH]c3ccc(O)cc32)c1-c1ccccc1. The van der Waals surface area contributed by atoms with E-state index in [9.17, 15) is 5.11 Å². The molecule has 0 amide bonds. The normalized spacial score (nSPS) is 10.8. The van der Waals surface area contributed by atoms with Gasteiger partial charge >= 0.3 is 0 Å². The number of hydrogen-bond acceptors (Lipinski definition) is 3. The standard InChI is InChI=1S/C21H20N2O2.CH4O/c1-25-13-5-11-23-12-10-17-18-14-16(24)8-9-19(18)22-20(17)21(23)15-6-3-2-4-7-15;1-2/h2-4,6-10,12,14,24H,5,11,13H2,1H3;2H,1H3/p+1. The van der Waals surface area contributed by atoms with Crippen LogP contribution in [0, 0.1) is 0 Å². The van der Waals surface area contributed by atoms with Crippen LogP contribution in [0.2, 0.25) is 0 Å². The molecule has 5 heteroatoms. The van der Waals surface area contributed by atoms with Crippen molar-refractivity contribution in [3.8, 4) is 17.0 Å². The lowest BCUT2D eigenvalue weighted by Crippen LogP contribution is -2.36. The maximum atomic E-state index is 9.86. The van der Waals surface area contributed by atoms with Crippen molar-refractivity contribution >= 4 is 21.8 Å². The van der Waals surface area contributed by atoms with Gasteiger partial charge in [0, 0.05) is 48.6 Å². The molecule has 4 rings (SSSR count). The number of ether oxygens (including phenoxy) is 1. The molecule has 0 aliphatic heterocycles. The van der Waals surface area contributed by atoms with Gasteiger partial charge in [0.15, 0.2) is 12.7 Å². The fourth-order valence-electron chi connectivity index (χ4n) is 3.42. The molecule has 0 radical (unpaired) electrons. The molecule has 0 atom stereocenters. The Kier molecular flexibility index (Phi) is 6.06. The van der Waals surface area contributed by atoms with Gasteiger partial charge in [-0.2, -0.15) is 4.57 Å². The number of pyridine rings is 1. The third-order valence-corrected chi connectivity index (χ3v) is 4.56. The van der Waals surface area contributed by atoms with Crippen LogP contribution in [0.25, 0.3) is 33.1 Å². The summed E-state index contributed by atoms with van der Waals surface area (Å²) in [4.78, 5) is 3.54. The number of nitrogens with one attached hydrogen (secondary N) is 1. The Balaban J connectivity index is 0.00000102. The number of hydrogen-bond donors (Lipinski definition) is 3. The van der Waals surface area contributed by atoms with E-state index < -0.39 is 0 Å². The molecule has 2 aromatic carbocycles. The molecule has 27 heavy (non-hydrogen) atoms. The van der Waals surface area contributed by atoms with Gasteiger partial charge in [-0.3, -0.25) is 0 Å². The predicted octanol–water partition coefficient (Wildman–Crippen LogP) is 3.63. The Bertz CT molecular complexity index is 1030. The zero-order valence-corrected chi connectivity index (χ0v) is 15.6. The zero-order chi connectivity index (χ0) is 19.2. The molecular weight excluding hydrogens is 340 g/mol. The number of aliphatic hydroxyl groups is 1. The van der Waals surface area contributed by atoms with Crippen molar-refractivity contribution in [2.75, 3.05) is 20.8 Å². The summed E-state index contributed by atoms with van der Waals surface area (Å²) in [5.74, 6) is 0.284. The van der Waals surface area contributed by atoms with E-state index in [2.05, 4.69) is 46.1 Å². The van der Waals surface area contributed by atoms with Gasteiger partial charge in [0.1, 0.15) is 11.3 Å². The predicted molar refractivity (Wildman–Crippen MR) is 108 cm³/mol. The van der Waals surface area contributed by atoms with Crippen molar-refractivity contribution in [3.63, 3.8) is 0 Å². The van der Waals surface area contributed by atoms with E-state index >= 15 is 0 Å². The van der Waals surface area contributed by atoms with Crippen LogP contribution < -0.4 is 4.57 Å². The summed E-state index contributed by atoms with van der Waals surface area (Å²) in [5.41, 5.74) is 4.44. The van der Waals surface area contributed by atoms with E-state index in [1.54, 1.807) is 13.2 Å². The monoisotopic (exact) mass is 365 g/mol. The smallest absolute Gasteiger partial charge is 0.236 e. The van der Waals surface area contributed by atoms with Gasteiger partial charge in [0.25, 0.3) is 0 Å². The molecule has 3 N–H and O–H groups in total. The minimum atomic E-state index is 0.284. The van der Waals surface area contributed by atoms with Crippen LogP contribution in [0.5, 0.6) is 5.75 Å². The highest BCUT2D eigenvalue weighted by Gasteiger charge is 2.20. The quantitative estimate of drug-likeness (QED) is 0.374. The second-order valence-electron chi connectivity index (χ2n) is 6.21. The highest BCUT2D eigenvalue weighted by molar-refractivity contribution is 6.10. The minimum Gasteiger partial charge on any atom is -0.508 e. The van der Waals surface area contributed by atoms with Crippen LogP contribution in [0.15, 0.2) is 60.8 Å². The molecule has 4 aromatic rings. The molecule has 140 valence electrons. The summed E-state index contributed by atoms with van der Waals surface area (Å²) in [6.07, 6.45) is 3.07. The number of phenols is 1. The number of phenolic OH excluding ortho intramolecular Hbond substituents is 1. The second-order valence-corrected chi connectivity index (χ2v) is 6.21. The van der Waals surface area contributed by atoms with Crippen molar-refractivity contribution < 1.29 is 19.5 Å². The number of rotatable bonds is 5. The summed E-state index contributed by atoms with van der Waals surface area (Å²) in [6, 6.07) is 18.0. The topological polar surface area (TPSA) is 69.4 Å². The molecule has 5 nitrogen and oxygen atoms in total. The number of fused-ring (bicyclic) bond motifs is 3. The first-order valence-corrected chi connectivity index (χ1v) is 8.94. The number of nitrogens with zero attached hydrogens (tertiary/aromatic N) is 1. The molecule has 2 heterocycles. The first-order valence-electron chi connectivity index (χ1n) is 8.94. The van der Waals surface area contributed by atoms with Crippen molar-refractivity contribution in [2.45, 2.75) is 13.0 Å². The van der Waals surface area contributed by atoms with Crippen LogP contribution in [0.1, 0.15) is 6.42 Å². The van der Waals surface area contributed by atoms with Crippen molar-refractivity contribution in [3.05, 3.63) is 60.8 Å². The largest absolute Gasteiger partial charge is 0.508 e. The number of aromatic hydroxyl groups is 1. The average molecular weight is 365 g/mol. The van der Waals surface area contributed by atoms with E-state index in [-0.39, 0.29) is 5.75 Å². The first-order chi connectivity index (χ1) is 13.3. The summed E-state index contributed by atoms with van der Waals surface area (Å²) < 4.78 is 7.48. The lowest BCUT2D eigenvalue weighted by atomic mass is 10.1. The van der Waals surface area contributed by atoms with Crippen LogP contribution in [0.4, 0.5) is 0 Å². The fraction of sp³-hybridized carbons (Fsp3) is 0.227. The average Bonchev–Trinajstić information content (AvgIpc) is 3.08. The Morgan fingerprint density at radius 1 is 1.00 bits per heavy atom. The van der Waals surface area contributed by atoms with Gasteiger partial charge in [0.2, 0.25) is 5.69 Å². The van der Waals surface area contributed by atoms with Crippen LogP contribution in [-0.2, 0) is 11.3 Å². The molecule has 0 aliphatic carbocycles.